The third kappa shape index (κ3) is 5.68. The number of carbonyl (C=O) groups is 2. The average Bonchev–Trinajstić information content (AvgIpc) is 3.07. The van der Waals surface area contributed by atoms with E-state index in [-0.39, 0.29) is 5.91 Å². The fraction of sp³-hybridized carbons (Fsp3) is 0.556. The molecule has 32 heavy (non-hydrogen) atoms. The van der Waals surface area contributed by atoms with Crippen LogP contribution in [0.15, 0.2) is 6.33 Å². The molecule has 10 nitrogen and oxygen atoms in total. The van der Waals surface area contributed by atoms with Crippen molar-refractivity contribution >= 4 is 29.2 Å². The molecule has 1 saturated heterocycles. The fourth-order valence-electron chi connectivity index (χ4n) is 3.34. The highest BCUT2D eigenvalue weighted by atomic mass is 32.1. The number of aliphatic carboxylic acids is 1. The predicted octanol–water partition coefficient (Wildman–Crippen LogP) is 1.35. The second-order valence-electron chi connectivity index (χ2n) is 6.99. The summed E-state index contributed by atoms with van der Waals surface area (Å²) in [4.78, 5) is 35.6. The van der Waals surface area contributed by atoms with Gasteiger partial charge in [0, 0.05) is 38.2 Å². The molecule has 4 rings (SSSR count). The van der Waals surface area contributed by atoms with Crippen molar-refractivity contribution in [3.63, 3.8) is 0 Å². The Morgan fingerprint density at radius 1 is 1.12 bits per heavy atom. The number of halogens is 3. The molecule has 14 heteroatoms. The second-order valence-corrected chi connectivity index (χ2v) is 7.95. The van der Waals surface area contributed by atoms with E-state index in [2.05, 4.69) is 24.5 Å². The largest absolute Gasteiger partial charge is 0.490 e. The SMILES string of the molecule is Cc1snnc1C(=O)N1CCc2ncnc(N3CCOCC3)c2CC1.O=C(O)C(F)(F)F. The van der Waals surface area contributed by atoms with Gasteiger partial charge in [0.25, 0.3) is 5.91 Å². The number of aromatic nitrogens is 4. The molecule has 0 spiro atoms. The minimum Gasteiger partial charge on any atom is -0.475 e. The molecule has 0 atom stereocenters. The average molecular weight is 474 g/mol. The van der Waals surface area contributed by atoms with E-state index in [1.54, 1.807) is 6.33 Å². The Morgan fingerprint density at radius 3 is 2.38 bits per heavy atom. The highest BCUT2D eigenvalue weighted by Gasteiger charge is 2.38. The lowest BCUT2D eigenvalue weighted by Gasteiger charge is -2.29. The lowest BCUT2D eigenvalue weighted by Crippen LogP contribution is -2.37. The number of nitrogens with zero attached hydrogens (tertiary/aromatic N) is 6. The van der Waals surface area contributed by atoms with Gasteiger partial charge in [-0.2, -0.15) is 13.2 Å². The standard InChI is InChI=1S/C16H20N6O2S.C2HF3O2/c1-11-14(19-20-25-11)16(23)22-4-2-12-13(3-5-22)17-10-18-15(12)21-6-8-24-9-7-21;3-2(4,5)1(6)7/h10H,2-9H2,1H3;(H,6,7). The Hall–Kier alpha value is -2.87. The number of ether oxygens (including phenoxy) is 1. The highest BCUT2D eigenvalue weighted by Crippen LogP contribution is 2.25. The molecule has 1 fully saturated rings. The van der Waals surface area contributed by atoms with E-state index >= 15 is 0 Å². The third-order valence-electron chi connectivity index (χ3n) is 4.96. The molecule has 2 aliphatic heterocycles. The van der Waals surface area contributed by atoms with Gasteiger partial charge in [-0.25, -0.2) is 14.8 Å². The Kier molecular flexibility index (Phi) is 7.56. The zero-order valence-corrected chi connectivity index (χ0v) is 17.9. The molecule has 1 N–H and O–H groups in total. The van der Waals surface area contributed by atoms with Crippen LogP contribution in [0.1, 0.15) is 26.6 Å². The Bertz CT molecular complexity index is 964. The first kappa shape index (κ1) is 23.8. The van der Waals surface area contributed by atoms with Gasteiger partial charge in [0.05, 0.1) is 23.8 Å². The molecule has 0 aromatic carbocycles. The molecule has 2 aliphatic rings. The summed E-state index contributed by atoms with van der Waals surface area (Å²) in [5.41, 5.74) is 2.67. The van der Waals surface area contributed by atoms with Gasteiger partial charge < -0.3 is 19.6 Å². The number of morpholine rings is 1. The van der Waals surface area contributed by atoms with Crippen molar-refractivity contribution in [3.05, 3.63) is 28.2 Å². The van der Waals surface area contributed by atoms with Crippen LogP contribution < -0.4 is 4.90 Å². The minimum absolute atomic E-state index is 0.0417. The number of carboxylic acid groups (broad SMARTS) is 1. The van der Waals surface area contributed by atoms with Crippen LogP contribution in [0.2, 0.25) is 0 Å². The maximum atomic E-state index is 12.7. The van der Waals surface area contributed by atoms with Crippen LogP contribution in [0.3, 0.4) is 0 Å². The number of rotatable bonds is 2. The lowest BCUT2D eigenvalue weighted by molar-refractivity contribution is -0.192. The molecule has 0 bridgehead atoms. The van der Waals surface area contributed by atoms with Gasteiger partial charge >= 0.3 is 12.1 Å². The van der Waals surface area contributed by atoms with E-state index in [0.717, 1.165) is 61.1 Å². The highest BCUT2D eigenvalue weighted by molar-refractivity contribution is 7.05. The van der Waals surface area contributed by atoms with Crippen molar-refractivity contribution < 1.29 is 32.6 Å². The van der Waals surface area contributed by atoms with Gasteiger partial charge in [-0.15, -0.1) is 5.10 Å². The number of amides is 1. The molecular weight excluding hydrogens is 453 g/mol. The first-order valence-corrected chi connectivity index (χ1v) is 10.5. The van der Waals surface area contributed by atoms with Crippen LogP contribution in [0, 0.1) is 6.92 Å². The van der Waals surface area contributed by atoms with Crippen molar-refractivity contribution in [1.29, 1.82) is 0 Å². The number of alkyl halides is 3. The van der Waals surface area contributed by atoms with Crippen LogP contribution in [0.4, 0.5) is 19.0 Å². The zero-order valence-electron chi connectivity index (χ0n) is 17.1. The van der Waals surface area contributed by atoms with Crippen LogP contribution in [0.25, 0.3) is 0 Å². The van der Waals surface area contributed by atoms with Gasteiger partial charge in [-0.05, 0) is 24.9 Å². The van der Waals surface area contributed by atoms with Gasteiger partial charge in [0.1, 0.15) is 12.1 Å². The predicted molar refractivity (Wildman–Crippen MR) is 107 cm³/mol. The molecule has 2 aromatic rings. The zero-order chi connectivity index (χ0) is 23.3. The first-order chi connectivity index (χ1) is 15.2. The van der Waals surface area contributed by atoms with E-state index in [1.807, 2.05) is 11.8 Å². The summed E-state index contributed by atoms with van der Waals surface area (Å²) in [6, 6.07) is 0. The van der Waals surface area contributed by atoms with Gasteiger partial charge in [-0.3, -0.25) is 4.79 Å². The summed E-state index contributed by atoms with van der Waals surface area (Å²) >= 11 is 1.26. The van der Waals surface area contributed by atoms with E-state index in [1.165, 1.54) is 11.5 Å². The number of hydrogen-bond acceptors (Lipinski definition) is 9. The summed E-state index contributed by atoms with van der Waals surface area (Å²) < 4.78 is 41.1. The number of hydrogen-bond donors (Lipinski definition) is 1. The van der Waals surface area contributed by atoms with Gasteiger partial charge in [-0.1, -0.05) is 4.49 Å². The normalized spacial score (nSPS) is 16.5. The Labute approximate surface area is 185 Å². The first-order valence-electron chi connectivity index (χ1n) is 9.72. The van der Waals surface area contributed by atoms with E-state index < -0.39 is 12.1 Å². The van der Waals surface area contributed by atoms with Crippen LogP contribution in [-0.2, 0) is 22.4 Å². The van der Waals surface area contributed by atoms with Crippen molar-refractivity contribution in [2.75, 3.05) is 44.3 Å². The Balaban J connectivity index is 0.000000360. The smallest absolute Gasteiger partial charge is 0.475 e. The van der Waals surface area contributed by atoms with Crippen LogP contribution in [0.5, 0.6) is 0 Å². The molecule has 0 aliphatic carbocycles. The molecule has 0 radical (unpaired) electrons. The maximum Gasteiger partial charge on any atom is 0.490 e. The van der Waals surface area contributed by atoms with E-state index in [4.69, 9.17) is 14.6 Å². The molecular formula is C18H21F3N6O4S. The van der Waals surface area contributed by atoms with Crippen LogP contribution in [-0.4, -0.2) is 87.0 Å². The van der Waals surface area contributed by atoms with Gasteiger partial charge in [0.15, 0.2) is 5.69 Å². The van der Waals surface area contributed by atoms with Crippen molar-refractivity contribution in [1.82, 2.24) is 24.5 Å². The molecule has 4 heterocycles. The van der Waals surface area contributed by atoms with E-state index in [9.17, 15) is 18.0 Å². The van der Waals surface area contributed by atoms with Gasteiger partial charge in [0.2, 0.25) is 0 Å². The number of carboxylic acids is 1. The molecule has 1 amide bonds. The lowest BCUT2D eigenvalue weighted by atomic mass is 10.1. The van der Waals surface area contributed by atoms with Crippen molar-refractivity contribution in [3.8, 4) is 0 Å². The quantitative estimate of drug-likeness (QED) is 0.687. The minimum atomic E-state index is -5.08. The maximum absolute atomic E-state index is 12.7. The van der Waals surface area contributed by atoms with Crippen LogP contribution >= 0.6 is 11.5 Å². The second kappa shape index (κ2) is 10.2. The number of carbonyl (C=O) groups excluding carboxylic acids is 1. The number of fused-ring (bicyclic) bond motifs is 1. The third-order valence-corrected chi connectivity index (χ3v) is 5.59. The molecule has 174 valence electrons. The molecule has 2 aromatic heterocycles. The van der Waals surface area contributed by atoms with Crippen molar-refractivity contribution in [2.24, 2.45) is 0 Å². The summed E-state index contributed by atoms with van der Waals surface area (Å²) in [7, 11) is 0. The summed E-state index contributed by atoms with van der Waals surface area (Å²) in [5, 5.41) is 11.1. The fourth-order valence-corrected chi connectivity index (χ4v) is 3.80. The summed E-state index contributed by atoms with van der Waals surface area (Å²) in [6.45, 7) is 6.30. The summed E-state index contributed by atoms with van der Waals surface area (Å²) in [6.07, 6.45) is -1.96. The molecule has 0 unspecified atom stereocenters. The van der Waals surface area contributed by atoms with E-state index in [0.29, 0.717) is 18.8 Å². The summed E-state index contributed by atoms with van der Waals surface area (Å²) in [5.74, 6) is -1.80. The number of aryl methyl sites for hydroxylation is 1. The molecule has 0 saturated carbocycles. The topological polar surface area (TPSA) is 122 Å². The Morgan fingerprint density at radius 2 is 1.78 bits per heavy atom. The van der Waals surface area contributed by atoms with Crippen molar-refractivity contribution in [2.45, 2.75) is 25.9 Å². The number of anilines is 1. The monoisotopic (exact) mass is 474 g/mol.